The molecule has 1 aromatic heterocycles. The number of amides is 1. The van der Waals surface area contributed by atoms with Crippen LogP contribution >= 0.6 is 11.3 Å². The molecule has 2 aromatic rings. The van der Waals surface area contributed by atoms with E-state index < -0.39 is 5.82 Å². The summed E-state index contributed by atoms with van der Waals surface area (Å²) in [7, 11) is 1.41. The van der Waals surface area contributed by atoms with Crippen molar-refractivity contribution in [2.45, 2.75) is 25.2 Å². The number of aromatic nitrogens is 1. The molecule has 0 N–H and O–H groups in total. The third-order valence-electron chi connectivity index (χ3n) is 4.50. The molecule has 0 radical (unpaired) electrons. The van der Waals surface area contributed by atoms with Crippen molar-refractivity contribution in [2.24, 2.45) is 0 Å². The van der Waals surface area contributed by atoms with Crippen LogP contribution in [0.25, 0.3) is 0 Å². The number of piperidine rings is 1. The van der Waals surface area contributed by atoms with Gasteiger partial charge in [0.25, 0.3) is 5.91 Å². The lowest BCUT2D eigenvalue weighted by Crippen LogP contribution is -2.43. The molecule has 1 aliphatic heterocycles. The van der Waals surface area contributed by atoms with Crippen LogP contribution < -0.4 is 4.74 Å². The average Bonchev–Trinajstić information content (AvgIpc) is 3.10. The number of rotatable bonds is 3. The summed E-state index contributed by atoms with van der Waals surface area (Å²) in [6, 6.07) is 4.35. The second kappa shape index (κ2) is 6.28. The fourth-order valence-corrected chi connectivity index (χ4v) is 3.78. The van der Waals surface area contributed by atoms with Crippen molar-refractivity contribution in [1.82, 2.24) is 9.88 Å². The highest BCUT2D eigenvalue weighted by molar-refractivity contribution is 7.09. The Bertz CT molecular complexity index is 695. The van der Waals surface area contributed by atoms with E-state index in [0.717, 1.165) is 17.8 Å². The zero-order chi connectivity index (χ0) is 16.4. The van der Waals surface area contributed by atoms with E-state index in [-0.39, 0.29) is 17.1 Å². The monoisotopic (exact) mass is 334 g/mol. The van der Waals surface area contributed by atoms with E-state index in [9.17, 15) is 9.18 Å². The maximum Gasteiger partial charge on any atom is 0.253 e. The average molecular weight is 334 g/mol. The van der Waals surface area contributed by atoms with E-state index in [1.54, 1.807) is 22.3 Å². The summed E-state index contributed by atoms with van der Waals surface area (Å²) in [6.45, 7) is 3.51. The Balaban J connectivity index is 1.70. The summed E-state index contributed by atoms with van der Waals surface area (Å²) < 4.78 is 18.7. The lowest BCUT2D eigenvalue weighted by Gasteiger charge is -2.38. The van der Waals surface area contributed by atoms with Gasteiger partial charge in [0.15, 0.2) is 11.6 Å². The molecule has 0 unspecified atom stereocenters. The van der Waals surface area contributed by atoms with E-state index in [1.165, 1.54) is 19.2 Å². The summed E-state index contributed by atoms with van der Waals surface area (Å²) in [6.07, 6.45) is 3.55. The molecule has 1 aromatic carbocycles. The first kappa shape index (κ1) is 15.9. The maximum absolute atomic E-state index is 13.8. The van der Waals surface area contributed by atoms with Crippen LogP contribution in [0, 0.1) is 5.82 Å². The predicted octanol–water partition coefficient (Wildman–Crippen LogP) is 3.48. The highest BCUT2D eigenvalue weighted by Crippen LogP contribution is 2.36. The predicted molar refractivity (Wildman–Crippen MR) is 87.6 cm³/mol. The van der Waals surface area contributed by atoms with Crippen molar-refractivity contribution in [1.29, 1.82) is 0 Å². The molecule has 0 bridgehead atoms. The molecule has 3 rings (SSSR count). The summed E-state index contributed by atoms with van der Waals surface area (Å²) in [4.78, 5) is 18.8. The maximum atomic E-state index is 13.8. The van der Waals surface area contributed by atoms with Crippen LogP contribution in [0.2, 0.25) is 0 Å². The minimum atomic E-state index is -0.511. The largest absolute Gasteiger partial charge is 0.494 e. The van der Waals surface area contributed by atoms with Gasteiger partial charge in [0, 0.05) is 35.6 Å². The summed E-state index contributed by atoms with van der Waals surface area (Å²) in [5.74, 6) is -0.493. The van der Waals surface area contributed by atoms with Crippen molar-refractivity contribution in [3.8, 4) is 5.75 Å². The van der Waals surface area contributed by atoms with Gasteiger partial charge in [-0.3, -0.25) is 4.79 Å². The molecule has 0 spiro atoms. The first-order chi connectivity index (χ1) is 11.0. The summed E-state index contributed by atoms with van der Waals surface area (Å²) in [5, 5.41) is 3.11. The van der Waals surface area contributed by atoms with Crippen LogP contribution in [0.5, 0.6) is 5.75 Å². The van der Waals surface area contributed by atoms with E-state index in [1.807, 2.05) is 11.6 Å². The minimum Gasteiger partial charge on any atom is -0.494 e. The number of likely N-dealkylation sites (tertiary alicyclic amines) is 1. The van der Waals surface area contributed by atoms with Crippen molar-refractivity contribution < 1.29 is 13.9 Å². The van der Waals surface area contributed by atoms with E-state index >= 15 is 0 Å². The van der Waals surface area contributed by atoms with Gasteiger partial charge in [-0.15, -0.1) is 11.3 Å². The molecule has 1 amide bonds. The van der Waals surface area contributed by atoms with Crippen LogP contribution in [-0.4, -0.2) is 36.0 Å². The van der Waals surface area contributed by atoms with Crippen LogP contribution in [0.15, 0.2) is 29.8 Å². The van der Waals surface area contributed by atoms with Gasteiger partial charge in [-0.25, -0.2) is 9.37 Å². The smallest absolute Gasteiger partial charge is 0.253 e. The third kappa shape index (κ3) is 3.08. The Morgan fingerprint density at radius 3 is 2.70 bits per heavy atom. The third-order valence-corrected chi connectivity index (χ3v) is 5.58. The normalized spacial score (nSPS) is 17.1. The molecule has 4 nitrogen and oxygen atoms in total. The minimum absolute atomic E-state index is 0.0239. The van der Waals surface area contributed by atoms with Crippen LogP contribution in [0.3, 0.4) is 0 Å². The van der Waals surface area contributed by atoms with Crippen LogP contribution in [-0.2, 0) is 5.41 Å². The number of halogens is 1. The SMILES string of the molecule is COc1ccc(C(=O)N2CCC(C)(c3nccs3)CC2)cc1F. The standard InChI is InChI=1S/C17H19FN2O2S/c1-17(16-19-7-10-23-16)5-8-20(9-6-17)15(21)12-3-4-14(22-2)13(18)11-12/h3-4,7,10-11H,5-6,8-9H2,1-2H3. The van der Waals surface area contributed by atoms with Crippen molar-refractivity contribution >= 4 is 17.2 Å². The number of ether oxygens (including phenoxy) is 1. The van der Waals surface area contributed by atoms with Crippen molar-refractivity contribution in [3.05, 3.63) is 46.2 Å². The summed E-state index contributed by atoms with van der Waals surface area (Å²) in [5.41, 5.74) is 0.386. The fourth-order valence-electron chi connectivity index (χ4n) is 2.92. The van der Waals surface area contributed by atoms with E-state index in [2.05, 4.69) is 11.9 Å². The first-order valence-electron chi connectivity index (χ1n) is 7.56. The quantitative estimate of drug-likeness (QED) is 0.863. The molecular formula is C17H19FN2O2S. The topological polar surface area (TPSA) is 42.4 Å². The highest BCUT2D eigenvalue weighted by Gasteiger charge is 2.35. The first-order valence-corrected chi connectivity index (χ1v) is 8.44. The number of nitrogens with zero attached hydrogens (tertiary/aromatic N) is 2. The number of benzene rings is 1. The van der Waals surface area contributed by atoms with Crippen molar-refractivity contribution in [3.63, 3.8) is 0 Å². The van der Waals surface area contributed by atoms with E-state index in [0.29, 0.717) is 18.7 Å². The Labute approximate surface area is 138 Å². The molecule has 1 saturated heterocycles. The summed E-state index contributed by atoms with van der Waals surface area (Å²) >= 11 is 1.66. The number of thiazole rings is 1. The van der Waals surface area contributed by atoms with Gasteiger partial charge in [-0.1, -0.05) is 6.92 Å². The molecule has 23 heavy (non-hydrogen) atoms. The molecule has 0 aliphatic carbocycles. The van der Waals surface area contributed by atoms with Gasteiger partial charge >= 0.3 is 0 Å². The van der Waals surface area contributed by atoms with Crippen LogP contribution in [0.1, 0.15) is 35.1 Å². The molecule has 0 atom stereocenters. The van der Waals surface area contributed by atoms with Gasteiger partial charge in [0.1, 0.15) is 0 Å². The number of hydrogen-bond acceptors (Lipinski definition) is 4. The second-order valence-electron chi connectivity index (χ2n) is 6.04. The Hall–Kier alpha value is -1.95. The molecule has 0 saturated carbocycles. The Kier molecular flexibility index (Phi) is 4.35. The van der Waals surface area contributed by atoms with Gasteiger partial charge in [0.2, 0.25) is 0 Å². The lowest BCUT2D eigenvalue weighted by molar-refractivity contribution is 0.0675. The zero-order valence-electron chi connectivity index (χ0n) is 13.2. The lowest BCUT2D eigenvalue weighted by atomic mass is 9.81. The van der Waals surface area contributed by atoms with E-state index in [4.69, 9.17) is 4.74 Å². The molecule has 122 valence electrons. The van der Waals surface area contributed by atoms with Gasteiger partial charge in [-0.05, 0) is 31.0 Å². The molecular weight excluding hydrogens is 315 g/mol. The Morgan fingerprint density at radius 2 is 2.13 bits per heavy atom. The highest BCUT2D eigenvalue weighted by atomic mass is 32.1. The molecule has 2 heterocycles. The zero-order valence-corrected chi connectivity index (χ0v) is 14.0. The fraction of sp³-hybridized carbons (Fsp3) is 0.412. The number of carbonyl (C=O) groups excluding carboxylic acids is 1. The van der Waals surface area contributed by atoms with Gasteiger partial charge in [0.05, 0.1) is 12.1 Å². The van der Waals surface area contributed by atoms with Gasteiger partial charge < -0.3 is 9.64 Å². The Morgan fingerprint density at radius 1 is 1.39 bits per heavy atom. The number of hydrogen-bond donors (Lipinski definition) is 0. The van der Waals surface area contributed by atoms with Crippen molar-refractivity contribution in [2.75, 3.05) is 20.2 Å². The molecule has 1 aliphatic rings. The number of methoxy groups -OCH3 is 1. The van der Waals surface area contributed by atoms with Gasteiger partial charge in [-0.2, -0.15) is 0 Å². The molecule has 1 fully saturated rings. The number of carbonyl (C=O) groups is 1. The second-order valence-corrected chi connectivity index (χ2v) is 6.93. The van der Waals surface area contributed by atoms with Crippen LogP contribution in [0.4, 0.5) is 4.39 Å². The molecule has 6 heteroatoms.